The van der Waals surface area contributed by atoms with Crippen LogP contribution in [0.25, 0.3) is 5.65 Å². The van der Waals surface area contributed by atoms with Gasteiger partial charge in [0.1, 0.15) is 22.9 Å². The van der Waals surface area contributed by atoms with Crippen LogP contribution in [0.1, 0.15) is 54.9 Å². The summed E-state index contributed by atoms with van der Waals surface area (Å²) in [4.78, 5) is 30.7. The summed E-state index contributed by atoms with van der Waals surface area (Å²) in [6.07, 6.45) is 8.07. The average molecular weight is 482 g/mol. The summed E-state index contributed by atoms with van der Waals surface area (Å²) in [7, 11) is 3.48. The van der Waals surface area contributed by atoms with Crippen LogP contribution in [0.4, 0.5) is 17.3 Å². The van der Waals surface area contributed by atoms with Crippen LogP contribution in [0.15, 0.2) is 35.4 Å². The zero-order valence-electron chi connectivity index (χ0n) is 19.9. The van der Waals surface area contributed by atoms with Crippen LogP contribution in [0.3, 0.4) is 0 Å². The number of carbonyl (C=O) groups is 1. The molecule has 4 N–H and O–H groups in total. The number of nitrogens with zero attached hydrogens (tertiary/aromatic N) is 4. The first-order valence-electron chi connectivity index (χ1n) is 12.0. The van der Waals surface area contributed by atoms with Gasteiger partial charge in [0, 0.05) is 32.5 Å². The van der Waals surface area contributed by atoms with E-state index in [-0.39, 0.29) is 29.7 Å². The first-order chi connectivity index (χ1) is 17.0. The maximum atomic E-state index is 13.3. The van der Waals surface area contributed by atoms with Gasteiger partial charge in [-0.3, -0.25) is 9.59 Å². The Kier molecular flexibility index (Phi) is 6.44. The van der Waals surface area contributed by atoms with Crippen LogP contribution >= 0.6 is 0 Å². The number of pyridine rings is 1. The fourth-order valence-electron chi connectivity index (χ4n) is 4.85. The highest BCUT2D eigenvalue weighted by atomic mass is 16.5. The standard InChI is InChI=1S/C24H31N7O4/c1-25-21-12-20(29-22-16(13-26-31(21)22)23(33)28-17-9-10-19(17)32)27-18-4-3-11-30(24(18)34)14-5-7-15(35-2)8-6-14/h3-4,11-15,17,19,25,32H,5-10H2,1-2H3,(H,27,29)(H,28,33)/t14?,15?,17-,19+/m1/s1. The molecule has 11 nitrogen and oxygen atoms in total. The van der Waals surface area contributed by atoms with Crippen LogP contribution < -0.4 is 21.5 Å². The number of nitrogens with one attached hydrogen (secondary N) is 3. The second-order valence-electron chi connectivity index (χ2n) is 9.22. The summed E-state index contributed by atoms with van der Waals surface area (Å²) in [5, 5.41) is 23.2. The molecular weight excluding hydrogens is 450 g/mol. The quantitative estimate of drug-likeness (QED) is 0.403. The molecule has 2 saturated carbocycles. The van der Waals surface area contributed by atoms with Gasteiger partial charge in [-0.15, -0.1) is 0 Å². The zero-order chi connectivity index (χ0) is 24.5. The van der Waals surface area contributed by atoms with Crippen molar-refractivity contribution in [3.63, 3.8) is 0 Å². The molecule has 0 spiro atoms. The van der Waals surface area contributed by atoms with Crippen LogP contribution in [0.2, 0.25) is 0 Å². The van der Waals surface area contributed by atoms with Crippen molar-refractivity contribution in [3.8, 4) is 0 Å². The predicted molar refractivity (Wildman–Crippen MR) is 131 cm³/mol. The minimum absolute atomic E-state index is 0.119. The lowest BCUT2D eigenvalue weighted by Gasteiger charge is -2.32. The smallest absolute Gasteiger partial charge is 0.274 e. The van der Waals surface area contributed by atoms with E-state index in [9.17, 15) is 14.7 Å². The fraction of sp³-hybridized carbons (Fsp3) is 0.500. The molecule has 186 valence electrons. The van der Waals surface area contributed by atoms with Crippen molar-refractivity contribution in [1.82, 2.24) is 24.5 Å². The third kappa shape index (κ3) is 4.48. The lowest BCUT2D eigenvalue weighted by molar-refractivity contribution is 0.0448. The van der Waals surface area contributed by atoms with E-state index in [1.807, 2.05) is 12.3 Å². The van der Waals surface area contributed by atoms with E-state index >= 15 is 0 Å². The number of aliphatic hydroxyl groups excluding tert-OH is 1. The molecule has 0 saturated heterocycles. The van der Waals surface area contributed by atoms with E-state index in [1.54, 1.807) is 30.9 Å². The van der Waals surface area contributed by atoms with Gasteiger partial charge in [-0.25, -0.2) is 4.98 Å². The van der Waals surface area contributed by atoms with Gasteiger partial charge in [-0.2, -0.15) is 9.61 Å². The Morgan fingerprint density at radius 3 is 2.66 bits per heavy atom. The Morgan fingerprint density at radius 1 is 1.20 bits per heavy atom. The van der Waals surface area contributed by atoms with E-state index in [0.717, 1.165) is 32.1 Å². The SMILES string of the molecule is CNc1cc(Nc2cccn(C3CCC(OC)CC3)c2=O)nc2c(C(=O)N[C@@H]3CC[C@@H]3O)cnn12. The van der Waals surface area contributed by atoms with Gasteiger partial charge in [-0.05, 0) is 50.7 Å². The molecular formula is C24H31N7O4. The Bertz CT molecular complexity index is 1280. The third-order valence-electron chi connectivity index (χ3n) is 7.13. The van der Waals surface area contributed by atoms with Gasteiger partial charge in [0.25, 0.3) is 11.5 Å². The molecule has 2 atom stereocenters. The molecule has 3 aromatic heterocycles. The number of hydrogen-bond donors (Lipinski definition) is 4. The largest absolute Gasteiger partial charge is 0.391 e. The lowest BCUT2D eigenvalue weighted by atomic mass is 9.89. The Labute approximate surface area is 202 Å². The maximum Gasteiger partial charge on any atom is 0.274 e. The Balaban J connectivity index is 1.42. The van der Waals surface area contributed by atoms with Crippen molar-refractivity contribution in [2.45, 2.75) is 62.8 Å². The summed E-state index contributed by atoms with van der Waals surface area (Å²) in [6.45, 7) is 0. The van der Waals surface area contributed by atoms with Gasteiger partial charge in [0.2, 0.25) is 0 Å². The second-order valence-corrected chi connectivity index (χ2v) is 9.22. The average Bonchev–Trinajstić information content (AvgIpc) is 3.31. The lowest BCUT2D eigenvalue weighted by Crippen LogP contribution is -2.50. The summed E-state index contributed by atoms with van der Waals surface area (Å²) in [6, 6.07) is 5.19. The topological polar surface area (TPSA) is 135 Å². The molecule has 0 aliphatic heterocycles. The summed E-state index contributed by atoms with van der Waals surface area (Å²) >= 11 is 0. The molecule has 0 aromatic carbocycles. The van der Waals surface area contributed by atoms with Crippen LogP contribution in [0, 0.1) is 0 Å². The van der Waals surface area contributed by atoms with Gasteiger partial charge in [0.05, 0.1) is 24.4 Å². The highest BCUT2D eigenvalue weighted by Gasteiger charge is 2.31. The Morgan fingerprint density at radius 2 is 2.00 bits per heavy atom. The predicted octanol–water partition coefficient (Wildman–Crippen LogP) is 2.06. The molecule has 35 heavy (non-hydrogen) atoms. The minimum atomic E-state index is -0.524. The number of ether oxygens (including phenoxy) is 1. The summed E-state index contributed by atoms with van der Waals surface area (Å²) < 4.78 is 8.78. The van der Waals surface area contributed by atoms with Crippen molar-refractivity contribution in [2.75, 3.05) is 24.8 Å². The van der Waals surface area contributed by atoms with Crippen molar-refractivity contribution >= 4 is 28.9 Å². The number of aliphatic hydroxyl groups is 1. The van der Waals surface area contributed by atoms with E-state index in [0.29, 0.717) is 35.0 Å². The highest BCUT2D eigenvalue weighted by molar-refractivity contribution is 6.00. The van der Waals surface area contributed by atoms with E-state index in [4.69, 9.17) is 4.74 Å². The first-order valence-corrected chi connectivity index (χ1v) is 12.0. The van der Waals surface area contributed by atoms with Crippen LogP contribution in [-0.2, 0) is 4.74 Å². The molecule has 0 bridgehead atoms. The number of rotatable bonds is 7. The van der Waals surface area contributed by atoms with E-state index in [2.05, 4.69) is 26.0 Å². The molecule has 0 unspecified atom stereocenters. The fourth-order valence-corrected chi connectivity index (χ4v) is 4.85. The second kappa shape index (κ2) is 9.67. The van der Waals surface area contributed by atoms with Gasteiger partial charge < -0.3 is 30.4 Å². The van der Waals surface area contributed by atoms with Crippen molar-refractivity contribution in [3.05, 3.63) is 46.5 Å². The molecule has 0 radical (unpaired) electrons. The molecule has 2 fully saturated rings. The van der Waals surface area contributed by atoms with Crippen LogP contribution in [-0.4, -0.2) is 62.6 Å². The first kappa shape index (κ1) is 23.3. The molecule has 5 rings (SSSR count). The van der Waals surface area contributed by atoms with Gasteiger partial charge in [0.15, 0.2) is 5.65 Å². The number of anilines is 3. The number of methoxy groups -OCH3 is 1. The molecule has 2 aliphatic carbocycles. The van der Waals surface area contributed by atoms with E-state index < -0.39 is 6.10 Å². The highest BCUT2D eigenvalue weighted by Crippen LogP contribution is 2.29. The van der Waals surface area contributed by atoms with Crippen molar-refractivity contribution in [1.29, 1.82) is 0 Å². The van der Waals surface area contributed by atoms with E-state index in [1.165, 1.54) is 10.7 Å². The molecule has 1 amide bonds. The van der Waals surface area contributed by atoms with Gasteiger partial charge in [-0.1, -0.05) is 0 Å². The number of carbonyl (C=O) groups excluding carboxylic acids is 1. The third-order valence-corrected chi connectivity index (χ3v) is 7.13. The summed E-state index contributed by atoms with van der Waals surface area (Å²) in [5.41, 5.74) is 0.930. The molecule has 2 aliphatic rings. The number of hydrogen-bond acceptors (Lipinski definition) is 8. The van der Waals surface area contributed by atoms with Crippen molar-refractivity contribution in [2.24, 2.45) is 0 Å². The zero-order valence-corrected chi connectivity index (χ0v) is 19.9. The molecule has 3 heterocycles. The molecule has 3 aromatic rings. The van der Waals surface area contributed by atoms with Crippen LogP contribution in [0.5, 0.6) is 0 Å². The minimum Gasteiger partial charge on any atom is -0.391 e. The maximum absolute atomic E-state index is 13.3. The normalized spacial score (nSPS) is 24.1. The summed E-state index contributed by atoms with van der Waals surface area (Å²) in [5.74, 6) is 0.677. The number of fused-ring (bicyclic) bond motifs is 1. The number of aromatic nitrogens is 4. The Hall–Kier alpha value is -3.44. The van der Waals surface area contributed by atoms with Crippen molar-refractivity contribution < 1.29 is 14.6 Å². The number of amides is 1. The van der Waals surface area contributed by atoms with Gasteiger partial charge >= 0.3 is 0 Å². The molecule has 11 heteroatoms. The monoisotopic (exact) mass is 481 g/mol.